The largest absolute Gasteiger partial charge is 0.395 e. The molecule has 210 valence electrons. The summed E-state index contributed by atoms with van der Waals surface area (Å²) >= 11 is 0. The fourth-order valence-electron chi connectivity index (χ4n) is 4.36. The number of anilines is 1. The van der Waals surface area contributed by atoms with Gasteiger partial charge in [0.1, 0.15) is 0 Å². The maximum Gasteiger partial charge on any atom is 0.261 e. The highest BCUT2D eigenvalue weighted by molar-refractivity contribution is 7.92. The average molecular weight is 561 g/mol. The number of carbonyl (C=O) groups excluding carboxylic acids is 1. The number of aliphatic hydroxyl groups is 1. The van der Waals surface area contributed by atoms with Crippen LogP contribution in [0.1, 0.15) is 32.0 Å². The van der Waals surface area contributed by atoms with E-state index in [2.05, 4.69) is 41.1 Å². The number of H-pyrrole nitrogens is 1. The van der Waals surface area contributed by atoms with Gasteiger partial charge in [0, 0.05) is 53.6 Å². The maximum absolute atomic E-state index is 13.2. The van der Waals surface area contributed by atoms with Gasteiger partial charge < -0.3 is 20.7 Å². The van der Waals surface area contributed by atoms with Crippen molar-refractivity contribution in [2.75, 3.05) is 31.0 Å². The van der Waals surface area contributed by atoms with E-state index in [1.807, 2.05) is 48.5 Å². The average Bonchev–Trinajstić information content (AvgIpc) is 3.29. The van der Waals surface area contributed by atoms with E-state index >= 15 is 0 Å². The van der Waals surface area contributed by atoms with Gasteiger partial charge in [0.05, 0.1) is 11.5 Å². The third kappa shape index (κ3) is 7.18. The second-order valence-corrected chi connectivity index (χ2v) is 12.2. The lowest BCUT2D eigenvalue weighted by Gasteiger charge is -2.19. The fraction of sp³-hybridized carbons (Fsp3) is 0.258. The molecule has 0 saturated carbocycles. The van der Waals surface area contributed by atoms with Crippen LogP contribution in [0.4, 0.5) is 5.69 Å². The first-order chi connectivity index (χ1) is 19.1. The minimum Gasteiger partial charge on any atom is -0.395 e. The molecule has 0 bridgehead atoms. The Morgan fingerprint density at radius 1 is 0.950 bits per heavy atom. The van der Waals surface area contributed by atoms with Crippen molar-refractivity contribution in [2.45, 2.75) is 31.1 Å². The Hall–Kier alpha value is -3.92. The summed E-state index contributed by atoms with van der Waals surface area (Å²) in [5.41, 5.74) is 4.75. The number of fused-ring (bicyclic) bond motifs is 1. The first-order valence-electron chi connectivity index (χ1n) is 13.2. The predicted octanol–water partition coefficient (Wildman–Crippen LogP) is 4.64. The third-order valence-electron chi connectivity index (χ3n) is 6.46. The molecule has 0 aliphatic carbocycles. The first kappa shape index (κ1) is 29.1. The van der Waals surface area contributed by atoms with Gasteiger partial charge in [0.25, 0.3) is 10.0 Å². The van der Waals surface area contributed by atoms with E-state index in [1.54, 1.807) is 30.3 Å². The number of aromatic nitrogens is 1. The van der Waals surface area contributed by atoms with Crippen LogP contribution in [0.5, 0.6) is 0 Å². The van der Waals surface area contributed by atoms with Crippen LogP contribution in [0.3, 0.4) is 0 Å². The van der Waals surface area contributed by atoms with E-state index in [4.69, 9.17) is 5.11 Å². The molecule has 0 unspecified atom stereocenters. The predicted molar refractivity (Wildman–Crippen MR) is 162 cm³/mol. The summed E-state index contributed by atoms with van der Waals surface area (Å²) in [6.07, 6.45) is 3.19. The van der Waals surface area contributed by atoms with Crippen LogP contribution in [-0.2, 0) is 20.2 Å². The number of aliphatic hydroxyl groups excluding tert-OH is 1. The van der Waals surface area contributed by atoms with Gasteiger partial charge in [-0.05, 0) is 52.9 Å². The molecule has 0 radical (unpaired) electrons. The smallest absolute Gasteiger partial charge is 0.261 e. The van der Waals surface area contributed by atoms with Crippen molar-refractivity contribution in [2.24, 2.45) is 0 Å². The Bertz CT molecular complexity index is 1590. The van der Waals surface area contributed by atoms with Crippen LogP contribution in [0.2, 0.25) is 0 Å². The van der Waals surface area contributed by atoms with E-state index in [0.717, 1.165) is 33.3 Å². The first-order valence-corrected chi connectivity index (χ1v) is 14.7. The summed E-state index contributed by atoms with van der Waals surface area (Å²) < 4.78 is 29.1. The van der Waals surface area contributed by atoms with Crippen LogP contribution in [0.25, 0.3) is 28.1 Å². The minimum atomic E-state index is -3.80. The number of hydrogen-bond acceptors (Lipinski definition) is 5. The molecule has 1 amide bonds. The van der Waals surface area contributed by atoms with Crippen LogP contribution < -0.4 is 15.4 Å². The Balaban J connectivity index is 1.62. The Morgan fingerprint density at radius 3 is 2.35 bits per heavy atom. The summed E-state index contributed by atoms with van der Waals surface area (Å²) in [6, 6.07) is 22.0. The summed E-state index contributed by atoms with van der Waals surface area (Å²) in [4.78, 5) is 15.9. The van der Waals surface area contributed by atoms with E-state index in [1.165, 1.54) is 6.08 Å². The topological polar surface area (TPSA) is 123 Å². The minimum absolute atomic E-state index is 0.0458. The van der Waals surface area contributed by atoms with Crippen molar-refractivity contribution >= 4 is 38.6 Å². The molecule has 4 rings (SSSR count). The third-order valence-corrected chi connectivity index (χ3v) is 7.86. The Labute approximate surface area is 235 Å². The van der Waals surface area contributed by atoms with Crippen LogP contribution in [0, 0.1) is 0 Å². The van der Waals surface area contributed by atoms with E-state index in [0.29, 0.717) is 25.3 Å². The zero-order valence-corrected chi connectivity index (χ0v) is 23.8. The standard InChI is InChI=1S/C31H36N4O4S/c1-31(2,3)23-9-12-25(13-10-23)40(38,39)35-24-11-14-27-26(21-24)30(22-7-5-4-6-8-22)28(34-27)15-16-29(37)33-18-17-32-19-20-36/h4-16,21,32,34-36H,17-20H2,1-3H3,(H,33,37)/b16-15+. The lowest BCUT2D eigenvalue weighted by Crippen LogP contribution is -2.31. The number of amides is 1. The van der Waals surface area contributed by atoms with Crippen molar-refractivity contribution < 1.29 is 18.3 Å². The zero-order chi connectivity index (χ0) is 28.8. The van der Waals surface area contributed by atoms with Gasteiger partial charge in [0.2, 0.25) is 5.91 Å². The van der Waals surface area contributed by atoms with E-state index in [9.17, 15) is 13.2 Å². The van der Waals surface area contributed by atoms with Crippen molar-refractivity contribution in [1.29, 1.82) is 0 Å². The number of benzene rings is 3. The molecular formula is C31H36N4O4S. The highest BCUT2D eigenvalue weighted by atomic mass is 32.2. The van der Waals surface area contributed by atoms with Gasteiger partial charge >= 0.3 is 0 Å². The molecular weight excluding hydrogens is 524 g/mol. The van der Waals surface area contributed by atoms with Crippen LogP contribution in [0.15, 0.2) is 83.8 Å². The molecule has 1 aromatic heterocycles. The van der Waals surface area contributed by atoms with Gasteiger partial charge in [-0.15, -0.1) is 0 Å². The zero-order valence-electron chi connectivity index (χ0n) is 23.0. The van der Waals surface area contributed by atoms with Crippen LogP contribution >= 0.6 is 0 Å². The highest BCUT2D eigenvalue weighted by Crippen LogP contribution is 2.35. The van der Waals surface area contributed by atoms with E-state index in [-0.39, 0.29) is 22.8 Å². The number of nitrogens with one attached hydrogen (secondary N) is 4. The lowest BCUT2D eigenvalue weighted by atomic mass is 9.87. The van der Waals surface area contributed by atoms with Crippen molar-refractivity contribution in [3.05, 3.63) is 90.1 Å². The van der Waals surface area contributed by atoms with Gasteiger partial charge in [-0.3, -0.25) is 9.52 Å². The molecule has 9 heteroatoms. The van der Waals surface area contributed by atoms with E-state index < -0.39 is 10.0 Å². The molecule has 0 aliphatic rings. The highest BCUT2D eigenvalue weighted by Gasteiger charge is 2.19. The van der Waals surface area contributed by atoms with Gasteiger partial charge in [-0.25, -0.2) is 8.42 Å². The van der Waals surface area contributed by atoms with Gasteiger partial charge in [0.15, 0.2) is 0 Å². The summed E-state index contributed by atoms with van der Waals surface area (Å²) in [5.74, 6) is -0.241. The molecule has 1 heterocycles. The number of hydrogen-bond donors (Lipinski definition) is 5. The second kappa shape index (κ2) is 12.5. The summed E-state index contributed by atoms with van der Waals surface area (Å²) in [5, 5.41) is 15.5. The van der Waals surface area contributed by atoms with Crippen LogP contribution in [-0.4, -0.2) is 50.7 Å². The molecule has 8 nitrogen and oxygen atoms in total. The van der Waals surface area contributed by atoms with Crippen molar-refractivity contribution in [3.63, 3.8) is 0 Å². The Kier molecular flexibility index (Phi) is 9.09. The quantitative estimate of drug-likeness (QED) is 0.135. The molecule has 0 spiro atoms. The molecule has 5 N–H and O–H groups in total. The second-order valence-electron chi connectivity index (χ2n) is 10.5. The summed E-state index contributed by atoms with van der Waals surface area (Å²) in [7, 11) is -3.80. The Morgan fingerprint density at radius 2 is 1.68 bits per heavy atom. The normalized spacial score (nSPS) is 12.2. The molecule has 0 atom stereocenters. The summed E-state index contributed by atoms with van der Waals surface area (Å²) in [6.45, 7) is 7.76. The molecule has 0 aliphatic heterocycles. The van der Waals surface area contributed by atoms with Crippen molar-refractivity contribution in [1.82, 2.24) is 15.6 Å². The van der Waals surface area contributed by atoms with Crippen molar-refractivity contribution in [3.8, 4) is 11.1 Å². The molecule has 40 heavy (non-hydrogen) atoms. The monoisotopic (exact) mass is 560 g/mol. The molecule has 0 saturated heterocycles. The van der Waals surface area contributed by atoms with Gasteiger partial charge in [-0.2, -0.15) is 0 Å². The lowest BCUT2D eigenvalue weighted by molar-refractivity contribution is -0.116. The number of rotatable bonds is 11. The molecule has 4 aromatic rings. The number of aromatic amines is 1. The molecule has 0 fully saturated rings. The van der Waals surface area contributed by atoms with Gasteiger partial charge in [-0.1, -0.05) is 63.2 Å². The maximum atomic E-state index is 13.2. The number of carbonyl (C=O) groups is 1. The number of sulfonamides is 1. The fourth-order valence-corrected chi connectivity index (χ4v) is 5.41. The SMILES string of the molecule is CC(C)(C)c1ccc(S(=O)(=O)Nc2ccc3[nH]c(/C=C/C(=O)NCCNCCO)c(-c4ccccc4)c3c2)cc1. The molecule has 3 aromatic carbocycles.